The van der Waals surface area contributed by atoms with Gasteiger partial charge >= 0.3 is 13.5 Å². The number of carbonyl (C=O) groups is 1. The number of hydrogen-bond donors (Lipinski definition) is 1. The minimum absolute atomic E-state index is 0.148. The van der Waals surface area contributed by atoms with E-state index in [0.717, 1.165) is 0 Å². The molecule has 2 atom stereocenters. The summed E-state index contributed by atoms with van der Waals surface area (Å²) in [6.07, 6.45) is 0. The van der Waals surface area contributed by atoms with Crippen LogP contribution < -0.4 is 9.61 Å². The van der Waals surface area contributed by atoms with Crippen LogP contribution in [0.5, 0.6) is 5.75 Å². The van der Waals surface area contributed by atoms with Crippen LogP contribution in [0.1, 0.15) is 41.5 Å². The maximum Gasteiger partial charge on any atom is 0.322 e. The third-order valence-corrected chi connectivity index (χ3v) is 6.21. The van der Waals surface area contributed by atoms with Gasteiger partial charge in [-0.05, 0) is 39.8 Å². The summed E-state index contributed by atoms with van der Waals surface area (Å²) in [6, 6.07) is 8.78. The topological polar surface area (TPSA) is 64.6 Å². The summed E-state index contributed by atoms with van der Waals surface area (Å²) in [5.41, 5.74) is 0. The molecule has 0 aliphatic carbocycles. The van der Waals surface area contributed by atoms with E-state index in [0.29, 0.717) is 5.75 Å². The van der Waals surface area contributed by atoms with Gasteiger partial charge in [0.25, 0.3) is 0 Å². The average molecular weight is 341 g/mol. The number of nitrogens with one attached hydrogen (secondary N) is 1. The predicted octanol–water partition coefficient (Wildman–Crippen LogP) is 4.23. The molecule has 1 rings (SSSR count). The van der Waals surface area contributed by atoms with Gasteiger partial charge in [0.05, 0.1) is 11.1 Å². The minimum atomic E-state index is -3.21. The lowest BCUT2D eigenvalue weighted by Gasteiger charge is -2.33. The van der Waals surface area contributed by atoms with Gasteiger partial charge in [-0.25, -0.2) is 5.09 Å². The van der Waals surface area contributed by atoms with Crippen LogP contribution in [0, 0.1) is 5.92 Å². The summed E-state index contributed by atoms with van der Waals surface area (Å²) in [5.74, 6) is 0.0926. The molecule has 1 aromatic carbocycles. The zero-order chi connectivity index (χ0) is 17.7. The van der Waals surface area contributed by atoms with Gasteiger partial charge in [0.1, 0.15) is 12.4 Å². The third kappa shape index (κ3) is 6.00. The lowest BCUT2D eigenvalue weighted by atomic mass is 10.2. The predicted molar refractivity (Wildman–Crippen MR) is 92.8 cm³/mol. The van der Waals surface area contributed by atoms with E-state index in [1.165, 1.54) is 0 Å². The molecule has 23 heavy (non-hydrogen) atoms. The van der Waals surface area contributed by atoms with Gasteiger partial charge in [-0.2, -0.15) is 0 Å². The Kier molecular flexibility index (Phi) is 6.84. The molecule has 0 fully saturated rings. The first-order valence-electron chi connectivity index (χ1n) is 7.84. The van der Waals surface area contributed by atoms with Crippen LogP contribution in [0.15, 0.2) is 30.3 Å². The SMILES string of the molecule is CC(C)C(=O)OC[C@H](C)NP(=O)(Oc1ccccc1)C(C)(C)C. The Morgan fingerprint density at radius 2 is 1.74 bits per heavy atom. The molecule has 1 N–H and O–H groups in total. The van der Waals surface area contributed by atoms with Crippen LogP contribution in [0.4, 0.5) is 0 Å². The Morgan fingerprint density at radius 1 is 1.17 bits per heavy atom. The molecule has 0 radical (unpaired) electrons. The van der Waals surface area contributed by atoms with E-state index >= 15 is 0 Å². The van der Waals surface area contributed by atoms with Gasteiger partial charge in [-0.3, -0.25) is 9.36 Å². The molecule has 0 aliphatic rings. The molecular formula is C17H28NO4P. The monoisotopic (exact) mass is 341 g/mol. The number of esters is 1. The Morgan fingerprint density at radius 3 is 2.22 bits per heavy atom. The second-order valence-electron chi connectivity index (χ2n) is 6.94. The zero-order valence-corrected chi connectivity index (χ0v) is 15.7. The van der Waals surface area contributed by atoms with Gasteiger partial charge in [0.15, 0.2) is 0 Å². The number of benzene rings is 1. The molecule has 0 amide bonds. The quantitative estimate of drug-likeness (QED) is 0.594. The van der Waals surface area contributed by atoms with Crippen LogP contribution >= 0.6 is 7.52 Å². The van der Waals surface area contributed by atoms with Crippen LogP contribution in [0.2, 0.25) is 0 Å². The molecule has 0 aliphatic heterocycles. The largest absolute Gasteiger partial charge is 0.464 e. The fourth-order valence-corrected chi connectivity index (χ4v) is 3.48. The molecule has 0 saturated carbocycles. The fourth-order valence-electron chi connectivity index (χ4n) is 1.69. The van der Waals surface area contributed by atoms with E-state index < -0.39 is 12.7 Å². The van der Waals surface area contributed by atoms with Crippen LogP contribution in [0.25, 0.3) is 0 Å². The van der Waals surface area contributed by atoms with Crippen molar-refractivity contribution in [1.29, 1.82) is 0 Å². The lowest BCUT2D eigenvalue weighted by Crippen LogP contribution is -2.37. The van der Waals surface area contributed by atoms with Crippen molar-refractivity contribution in [2.75, 3.05) is 6.61 Å². The fraction of sp³-hybridized carbons (Fsp3) is 0.588. The van der Waals surface area contributed by atoms with Crippen LogP contribution in [0.3, 0.4) is 0 Å². The van der Waals surface area contributed by atoms with Gasteiger partial charge in [-0.1, -0.05) is 32.0 Å². The van der Waals surface area contributed by atoms with E-state index in [-0.39, 0.29) is 24.5 Å². The second-order valence-corrected chi connectivity index (χ2v) is 9.83. The second kappa shape index (κ2) is 7.98. The molecule has 6 heteroatoms. The van der Waals surface area contributed by atoms with Crippen molar-refractivity contribution >= 4 is 13.5 Å². The summed E-state index contributed by atoms with van der Waals surface area (Å²) >= 11 is 0. The Balaban J connectivity index is 2.79. The van der Waals surface area contributed by atoms with Crippen molar-refractivity contribution in [3.8, 4) is 5.75 Å². The summed E-state index contributed by atoms with van der Waals surface area (Å²) in [4.78, 5) is 11.6. The highest BCUT2D eigenvalue weighted by atomic mass is 31.2. The smallest absolute Gasteiger partial charge is 0.322 e. The van der Waals surface area contributed by atoms with Crippen LogP contribution in [-0.2, 0) is 14.1 Å². The van der Waals surface area contributed by atoms with E-state index in [9.17, 15) is 9.36 Å². The molecule has 1 aromatic rings. The highest BCUT2D eigenvalue weighted by molar-refractivity contribution is 7.58. The molecule has 1 unspecified atom stereocenters. The Hall–Kier alpha value is -1.32. The first-order chi connectivity index (χ1) is 10.5. The number of rotatable bonds is 7. The van der Waals surface area contributed by atoms with Gasteiger partial charge in [-0.15, -0.1) is 0 Å². The van der Waals surface area contributed by atoms with E-state index in [2.05, 4.69) is 5.09 Å². The highest BCUT2D eigenvalue weighted by Gasteiger charge is 2.40. The molecular weight excluding hydrogens is 313 g/mol. The van der Waals surface area contributed by atoms with Gasteiger partial charge < -0.3 is 9.26 Å². The van der Waals surface area contributed by atoms with Crippen molar-refractivity contribution in [1.82, 2.24) is 5.09 Å². The van der Waals surface area contributed by atoms with E-state index in [1.54, 1.807) is 26.0 Å². The summed E-state index contributed by atoms with van der Waals surface area (Å²) in [5, 5.41) is 2.43. The Bertz CT molecular complexity index is 551. The summed E-state index contributed by atoms with van der Waals surface area (Å²) in [7, 11) is -3.21. The van der Waals surface area contributed by atoms with E-state index in [1.807, 2.05) is 45.9 Å². The molecule has 0 aromatic heterocycles. The van der Waals surface area contributed by atoms with Gasteiger partial charge in [0, 0.05) is 6.04 Å². The highest BCUT2D eigenvalue weighted by Crippen LogP contribution is 2.55. The molecule has 0 heterocycles. The number of ether oxygens (including phenoxy) is 1. The number of para-hydroxylation sites is 1. The van der Waals surface area contributed by atoms with Crippen molar-refractivity contribution < 1.29 is 18.6 Å². The lowest BCUT2D eigenvalue weighted by molar-refractivity contribution is -0.147. The van der Waals surface area contributed by atoms with Crippen molar-refractivity contribution in [3.05, 3.63) is 30.3 Å². The number of hydrogen-bond acceptors (Lipinski definition) is 4. The van der Waals surface area contributed by atoms with Crippen molar-refractivity contribution in [2.24, 2.45) is 5.92 Å². The van der Waals surface area contributed by atoms with Crippen molar-refractivity contribution in [3.63, 3.8) is 0 Å². The van der Waals surface area contributed by atoms with Crippen molar-refractivity contribution in [2.45, 2.75) is 52.7 Å². The zero-order valence-electron chi connectivity index (χ0n) is 14.8. The molecule has 0 bridgehead atoms. The molecule has 0 spiro atoms. The summed E-state index contributed by atoms with van der Waals surface area (Å²) < 4.78 is 24.3. The van der Waals surface area contributed by atoms with E-state index in [4.69, 9.17) is 9.26 Å². The standard InChI is InChI=1S/C17H28NO4P/c1-13(2)16(19)21-12-14(3)18-23(20,17(4,5)6)22-15-10-8-7-9-11-15/h7-11,13-14H,12H2,1-6H3,(H,18,20)/t14-,23?/m0/s1. The summed E-state index contributed by atoms with van der Waals surface area (Å²) in [6.45, 7) is 11.1. The van der Waals surface area contributed by atoms with Gasteiger partial charge in [0.2, 0.25) is 0 Å². The first-order valence-corrected chi connectivity index (χ1v) is 9.47. The number of carbonyl (C=O) groups excluding carboxylic acids is 1. The minimum Gasteiger partial charge on any atom is -0.464 e. The average Bonchev–Trinajstić information content (AvgIpc) is 2.44. The normalized spacial score (nSPS) is 15.8. The Labute approximate surface area is 139 Å². The third-order valence-electron chi connectivity index (χ3n) is 3.20. The first kappa shape index (κ1) is 19.7. The van der Waals surface area contributed by atoms with Crippen LogP contribution in [-0.4, -0.2) is 23.8 Å². The molecule has 5 nitrogen and oxygen atoms in total. The maximum absolute atomic E-state index is 13.3. The molecule has 130 valence electrons. The maximum atomic E-state index is 13.3. The molecule has 0 saturated heterocycles.